The summed E-state index contributed by atoms with van der Waals surface area (Å²) in [4.78, 5) is 33.5. The number of nitrogens with zero attached hydrogens (tertiary/aromatic N) is 2. The van der Waals surface area contributed by atoms with E-state index in [1.807, 2.05) is 55.5 Å². The van der Waals surface area contributed by atoms with Gasteiger partial charge in [-0.15, -0.1) is 11.3 Å². The van der Waals surface area contributed by atoms with Crippen molar-refractivity contribution in [1.82, 2.24) is 9.55 Å². The summed E-state index contributed by atoms with van der Waals surface area (Å²) in [6.45, 7) is 2.00. The number of thiophene rings is 1. The van der Waals surface area contributed by atoms with Crippen LogP contribution in [0.4, 0.5) is 0 Å². The van der Waals surface area contributed by atoms with Gasteiger partial charge in [-0.2, -0.15) is 0 Å². The molecule has 32 heavy (non-hydrogen) atoms. The Morgan fingerprint density at radius 2 is 1.81 bits per heavy atom. The van der Waals surface area contributed by atoms with Gasteiger partial charge >= 0.3 is 0 Å². The van der Waals surface area contributed by atoms with Crippen molar-refractivity contribution in [3.05, 3.63) is 84.9 Å². The lowest BCUT2D eigenvalue weighted by molar-refractivity contribution is 0.102. The molecule has 0 bridgehead atoms. The lowest BCUT2D eigenvalue weighted by Crippen LogP contribution is -2.22. The standard InChI is InChI=1S/C25H21BrN2O2S2/c1-15-6-8-16(9-7-15)20(29)14-31-25-27-23-22(19-4-2-3-5-21(19)32-23)24(30)28(25)18-12-10-17(26)11-13-18/h6-13H,2-5,14H2,1H3. The monoisotopic (exact) mass is 524 g/mol. The first-order valence-electron chi connectivity index (χ1n) is 10.6. The van der Waals surface area contributed by atoms with Crippen LogP contribution in [-0.2, 0) is 12.8 Å². The molecule has 1 aliphatic carbocycles. The number of carbonyl (C=O) groups excluding carboxylic acids is 1. The predicted octanol–water partition coefficient (Wildman–Crippen LogP) is 6.37. The topological polar surface area (TPSA) is 52.0 Å². The fourth-order valence-electron chi connectivity index (χ4n) is 4.05. The molecule has 162 valence electrons. The number of thioether (sulfide) groups is 1. The van der Waals surface area contributed by atoms with Gasteiger partial charge in [-0.25, -0.2) is 4.98 Å². The summed E-state index contributed by atoms with van der Waals surface area (Å²) in [5, 5.41) is 1.31. The lowest BCUT2D eigenvalue weighted by Gasteiger charge is -2.13. The maximum Gasteiger partial charge on any atom is 0.267 e. The number of hydrogen-bond acceptors (Lipinski definition) is 5. The van der Waals surface area contributed by atoms with Crippen molar-refractivity contribution in [2.45, 2.75) is 37.8 Å². The summed E-state index contributed by atoms with van der Waals surface area (Å²) in [6, 6.07) is 15.2. The van der Waals surface area contributed by atoms with Crippen LogP contribution in [0.2, 0.25) is 0 Å². The first-order chi connectivity index (χ1) is 15.5. The van der Waals surface area contributed by atoms with Crippen LogP contribution in [-0.4, -0.2) is 21.1 Å². The second kappa shape index (κ2) is 8.96. The second-order valence-electron chi connectivity index (χ2n) is 7.98. The minimum absolute atomic E-state index is 0.0252. The Kier molecular flexibility index (Phi) is 6.05. The molecule has 0 fully saturated rings. The Bertz CT molecular complexity index is 1370. The molecule has 1 aliphatic rings. The minimum Gasteiger partial charge on any atom is -0.293 e. The number of ketones is 1. The van der Waals surface area contributed by atoms with E-state index in [4.69, 9.17) is 4.98 Å². The van der Waals surface area contributed by atoms with Crippen molar-refractivity contribution >= 4 is 55.0 Å². The van der Waals surface area contributed by atoms with Gasteiger partial charge < -0.3 is 0 Å². The minimum atomic E-state index is -0.0398. The number of rotatable bonds is 5. The molecule has 0 amide bonds. The Hall–Kier alpha value is -2.22. The third-order valence-corrected chi connectivity index (χ3v) is 8.40. The van der Waals surface area contributed by atoms with E-state index < -0.39 is 0 Å². The predicted molar refractivity (Wildman–Crippen MR) is 136 cm³/mol. The van der Waals surface area contributed by atoms with Gasteiger partial charge in [-0.1, -0.05) is 57.5 Å². The molecular formula is C25H21BrN2O2S2. The van der Waals surface area contributed by atoms with Crippen LogP contribution in [0.25, 0.3) is 15.9 Å². The van der Waals surface area contributed by atoms with Crippen LogP contribution in [0.5, 0.6) is 0 Å². The highest BCUT2D eigenvalue weighted by Gasteiger charge is 2.23. The smallest absolute Gasteiger partial charge is 0.267 e. The van der Waals surface area contributed by atoms with Crippen LogP contribution < -0.4 is 5.56 Å². The molecule has 0 unspecified atom stereocenters. The third-order valence-electron chi connectivity index (χ3n) is 5.75. The van der Waals surface area contributed by atoms with Crippen molar-refractivity contribution in [2.75, 3.05) is 5.75 Å². The van der Waals surface area contributed by atoms with Crippen molar-refractivity contribution in [3.63, 3.8) is 0 Å². The van der Waals surface area contributed by atoms with Gasteiger partial charge in [0.25, 0.3) is 5.56 Å². The maximum absolute atomic E-state index is 13.7. The summed E-state index contributed by atoms with van der Waals surface area (Å²) >= 11 is 6.43. The lowest BCUT2D eigenvalue weighted by atomic mass is 9.97. The fourth-order valence-corrected chi connectivity index (χ4v) is 6.53. The highest BCUT2D eigenvalue weighted by Crippen LogP contribution is 2.35. The molecule has 0 aliphatic heterocycles. The van der Waals surface area contributed by atoms with Crippen LogP contribution in [0, 0.1) is 6.92 Å². The first-order valence-corrected chi connectivity index (χ1v) is 13.2. The number of Topliss-reactive ketones (excluding diaryl/α,β-unsaturated/α-hetero) is 1. The van der Waals surface area contributed by atoms with E-state index in [-0.39, 0.29) is 17.1 Å². The Morgan fingerprint density at radius 1 is 1.09 bits per heavy atom. The number of halogens is 1. The fraction of sp³-hybridized carbons (Fsp3) is 0.240. The molecule has 0 saturated heterocycles. The Morgan fingerprint density at radius 3 is 2.56 bits per heavy atom. The average Bonchev–Trinajstić information content (AvgIpc) is 3.17. The van der Waals surface area contributed by atoms with Gasteiger partial charge in [0.05, 0.1) is 16.8 Å². The Labute approximate surface area is 202 Å². The third kappa shape index (κ3) is 4.09. The molecule has 2 heterocycles. The zero-order valence-electron chi connectivity index (χ0n) is 17.6. The number of fused-ring (bicyclic) bond motifs is 3. The normalized spacial score (nSPS) is 13.3. The highest BCUT2D eigenvalue weighted by molar-refractivity contribution is 9.10. The van der Waals surface area contributed by atoms with E-state index >= 15 is 0 Å². The molecule has 0 atom stereocenters. The SMILES string of the molecule is Cc1ccc(C(=O)CSc2nc3sc4c(c3c(=O)n2-c2ccc(Br)cc2)CCCC4)cc1. The van der Waals surface area contributed by atoms with Crippen LogP contribution in [0.15, 0.2) is 63.0 Å². The molecule has 0 radical (unpaired) electrons. The highest BCUT2D eigenvalue weighted by atomic mass is 79.9. The number of carbonyl (C=O) groups is 1. The van der Waals surface area contributed by atoms with Crippen molar-refractivity contribution < 1.29 is 4.79 Å². The van der Waals surface area contributed by atoms with Crippen molar-refractivity contribution in [3.8, 4) is 5.69 Å². The molecular weight excluding hydrogens is 504 g/mol. The van der Waals surface area contributed by atoms with E-state index in [2.05, 4.69) is 15.9 Å². The van der Waals surface area contributed by atoms with Gasteiger partial charge in [-0.3, -0.25) is 14.2 Å². The summed E-state index contributed by atoms with van der Waals surface area (Å²) in [5.41, 5.74) is 3.68. The number of hydrogen-bond donors (Lipinski definition) is 0. The molecule has 4 aromatic rings. The first kappa shape index (κ1) is 21.6. The van der Waals surface area contributed by atoms with E-state index in [0.29, 0.717) is 10.7 Å². The summed E-state index contributed by atoms with van der Waals surface area (Å²) in [7, 11) is 0. The maximum atomic E-state index is 13.7. The molecule has 7 heteroatoms. The van der Waals surface area contributed by atoms with E-state index in [1.165, 1.54) is 22.2 Å². The molecule has 5 rings (SSSR count). The van der Waals surface area contributed by atoms with Gasteiger partial charge in [0.2, 0.25) is 0 Å². The van der Waals surface area contributed by atoms with Crippen LogP contribution in [0.3, 0.4) is 0 Å². The van der Waals surface area contributed by atoms with E-state index in [0.717, 1.165) is 51.6 Å². The molecule has 0 N–H and O–H groups in total. The molecule has 4 nitrogen and oxygen atoms in total. The summed E-state index contributed by atoms with van der Waals surface area (Å²) < 4.78 is 2.61. The van der Waals surface area contributed by atoms with Crippen LogP contribution in [0.1, 0.15) is 39.2 Å². The van der Waals surface area contributed by atoms with Crippen LogP contribution >= 0.6 is 39.0 Å². The Balaban J connectivity index is 1.59. The van der Waals surface area contributed by atoms with Gasteiger partial charge in [0.1, 0.15) is 4.83 Å². The van der Waals surface area contributed by atoms with Gasteiger partial charge in [0.15, 0.2) is 10.9 Å². The molecule has 0 saturated carbocycles. The zero-order chi connectivity index (χ0) is 22.2. The number of aryl methyl sites for hydroxylation is 3. The summed E-state index contributed by atoms with van der Waals surface area (Å²) in [5.74, 6) is 0.250. The number of benzene rings is 2. The zero-order valence-corrected chi connectivity index (χ0v) is 20.8. The van der Waals surface area contributed by atoms with Crippen molar-refractivity contribution in [1.29, 1.82) is 0 Å². The van der Waals surface area contributed by atoms with E-state index in [9.17, 15) is 9.59 Å². The van der Waals surface area contributed by atoms with Crippen molar-refractivity contribution in [2.24, 2.45) is 0 Å². The molecule has 2 aromatic carbocycles. The second-order valence-corrected chi connectivity index (χ2v) is 10.9. The largest absolute Gasteiger partial charge is 0.293 e. The molecule has 2 aromatic heterocycles. The number of aromatic nitrogens is 2. The summed E-state index contributed by atoms with van der Waals surface area (Å²) in [6.07, 6.45) is 4.22. The molecule has 0 spiro atoms. The quantitative estimate of drug-likeness (QED) is 0.173. The van der Waals surface area contributed by atoms with Gasteiger partial charge in [0, 0.05) is 14.9 Å². The van der Waals surface area contributed by atoms with Gasteiger partial charge in [-0.05, 0) is 62.4 Å². The van der Waals surface area contributed by atoms with E-state index in [1.54, 1.807) is 15.9 Å². The average molecular weight is 525 g/mol.